The van der Waals surface area contributed by atoms with Gasteiger partial charge in [0.15, 0.2) is 0 Å². The third-order valence-electron chi connectivity index (χ3n) is 3.66. The average molecular weight is 258 g/mol. The van der Waals surface area contributed by atoms with E-state index in [1.54, 1.807) is 7.11 Å². The summed E-state index contributed by atoms with van der Waals surface area (Å²) in [6.07, 6.45) is 2.22. The van der Waals surface area contributed by atoms with Gasteiger partial charge < -0.3 is 9.47 Å². The molecule has 2 atom stereocenters. The highest BCUT2D eigenvalue weighted by atomic mass is 16.5. The maximum Gasteiger partial charge on any atom is 0.119 e. The van der Waals surface area contributed by atoms with Gasteiger partial charge in [-0.05, 0) is 23.8 Å². The molecule has 1 aliphatic heterocycles. The molecule has 2 heteroatoms. The van der Waals surface area contributed by atoms with Crippen LogP contribution in [0.2, 0.25) is 0 Å². The van der Waals surface area contributed by atoms with E-state index >= 15 is 0 Å². The SMILES string of the molecule is COCC#CC1CC(C)(C)C(Cc2ccccc2)O1. The Morgan fingerprint density at radius 2 is 2.05 bits per heavy atom. The molecule has 0 saturated carbocycles. The maximum absolute atomic E-state index is 6.10. The number of ether oxygens (including phenoxy) is 2. The number of hydrogen-bond acceptors (Lipinski definition) is 2. The van der Waals surface area contributed by atoms with Crippen molar-refractivity contribution in [2.75, 3.05) is 13.7 Å². The highest BCUT2D eigenvalue weighted by Gasteiger charge is 2.40. The predicted octanol–water partition coefficient (Wildman–Crippen LogP) is 3.06. The minimum absolute atomic E-state index is 0.0406. The first-order valence-electron chi connectivity index (χ1n) is 6.78. The summed E-state index contributed by atoms with van der Waals surface area (Å²) < 4.78 is 11.0. The van der Waals surface area contributed by atoms with Crippen molar-refractivity contribution in [1.29, 1.82) is 0 Å². The van der Waals surface area contributed by atoms with E-state index in [2.05, 4.69) is 50.0 Å². The number of benzene rings is 1. The summed E-state index contributed by atoms with van der Waals surface area (Å²) in [5.74, 6) is 6.16. The summed E-state index contributed by atoms with van der Waals surface area (Å²) in [5.41, 5.74) is 1.49. The van der Waals surface area contributed by atoms with E-state index in [4.69, 9.17) is 9.47 Å². The number of methoxy groups -OCH3 is 1. The lowest BCUT2D eigenvalue weighted by Gasteiger charge is -2.24. The van der Waals surface area contributed by atoms with Gasteiger partial charge >= 0.3 is 0 Å². The van der Waals surface area contributed by atoms with Gasteiger partial charge in [-0.1, -0.05) is 56.0 Å². The van der Waals surface area contributed by atoms with Gasteiger partial charge in [-0.2, -0.15) is 0 Å². The quantitative estimate of drug-likeness (QED) is 0.776. The number of hydrogen-bond donors (Lipinski definition) is 0. The molecule has 0 amide bonds. The van der Waals surface area contributed by atoms with E-state index in [0.29, 0.717) is 6.61 Å². The highest BCUT2D eigenvalue weighted by Crippen LogP contribution is 2.39. The van der Waals surface area contributed by atoms with Crippen molar-refractivity contribution >= 4 is 0 Å². The fraction of sp³-hybridized carbons (Fsp3) is 0.529. The molecule has 0 spiro atoms. The molecule has 1 fully saturated rings. The Morgan fingerprint density at radius 3 is 2.74 bits per heavy atom. The maximum atomic E-state index is 6.10. The van der Waals surface area contributed by atoms with Crippen LogP contribution in [0.3, 0.4) is 0 Å². The summed E-state index contributed by atoms with van der Waals surface area (Å²) in [7, 11) is 1.66. The van der Waals surface area contributed by atoms with Crippen molar-refractivity contribution in [3.8, 4) is 11.8 Å². The topological polar surface area (TPSA) is 18.5 Å². The molecule has 1 aromatic carbocycles. The monoisotopic (exact) mass is 258 g/mol. The van der Waals surface area contributed by atoms with Gasteiger partial charge in [0.2, 0.25) is 0 Å². The Bertz CT molecular complexity index is 453. The van der Waals surface area contributed by atoms with Crippen molar-refractivity contribution in [3.05, 3.63) is 35.9 Å². The van der Waals surface area contributed by atoms with Gasteiger partial charge in [-0.15, -0.1) is 0 Å². The van der Waals surface area contributed by atoms with Crippen molar-refractivity contribution in [1.82, 2.24) is 0 Å². The van der Waals surface area contributed by atoms with Crippen LogP contribution in [-0.2, 0) is 15.9 Å². The Kier molecular flexibility index (Phi) is 4.63. The lowest BCUT2D eigenvalue weighted by Crippen LogP contribution is -2.26. The Balaban J connectivity index is 2.00. The van der Waals surface area contributed by atoms with Crippen LogP contribution in [0.15, 0.2) is 30.3 Å². The van der Waals surface area contributed by atoms with Crippen molar-refractivity contribution in [2.24, 2.45) is 5.41 Å². The third-order valence-corrected chi connectivity index (χ3v) is 3.66. The van der Waals surface area contributed by atoms with E-state index in [0.717, 1.165) is 12.8 Å². The van der Waals surface area contributed by atoms with Crippen LogP contribution in [0.1, 0.15) is 25.8 Å². The van der Waals surface area contributed by atoms with Crippen LogP contribution in [0, 0.1) is 17.3 Å². The van der Waals surface area contributed by atoms with E-state index < -0.39 is 0 Å². The van der Waals surface area contributed by atoms with Gasteiger partial charge in [0.05, 0.1) is 6.10 Å². The molecule has 0 aliphatic carbocycles. The summed E-state index contributed by atoms with van der Waals surface area (Å²) in [6.45, 7) is 5.00. The molecule has 2 unspecified atom stereocenters. The van der Waals surface area contributed by atoms with Gasteiger partial charge in [0.1, 0.15) is 12.7 Å². The smallest absolute Gasteiger partial charge is 0.119 e. The molecule has 2 rings (SSSR count). The zero-order chi connectivity index (χ0) is 13.7. The minimum Gasteiger partial charge on any atom is -0.372 e. The largest absolute Gasteiger partial charge is 0.372 e. The van der Waals surface area contributed by atoms with Crippen LogP contribution in [-0.4, -0.2) is 25.9 Å². The lowest BCUT2D eigenvalue weighted by molar-refractivity contribution is 0.0419. The summed E-state index contributed by atoms with van der Waals surface area (Å²) in [4.78, 5) is 0. The minimum atomic E-state index is 0.0406. The second-order valence-corrected chi connectivity index (χ2v) is 5.75. The van der Waals surface area contributed by atoms with Gasteiger partial charge in [-0.25, -0.2) is 0 Å². The molecule has 1 aliphatic rings. The number of rotatable bonds is 3. The standard InChI is InChI=1S/C17H22O2/c1-17(2)13-15(10-7-11-18-3)19-16(17)12-14-8-5-4-6-9-14/h4-6,8-9,15-16H,11-13H2,1-3H3. The molecular weight excluding hydrogens is 236 g/mol. The van der Waals surface area contributed by atoms with Gasteiger partial charge in [0.25, 0.3) is 0 Å². The first-order valence-corrected chi connectivity index (χ1v) is 6.78. The Hall–Kier alpha value is -1.30. The fourth-order valence-electron chi connectivity index (χ4n) is 2.51. The Labute approximate surface area is 116 Å². The van der Waals surface area contributed by atoms with Crippen LogP contribution in [0.5, 0.6) is 0 Å². The van der Waals surface area contributed by atoms with Crippen molar-refractivity contribution in [3.63, 3.8) is 0 Å². The normalized spacial score (nSPS) is 24.8. The van der Waals surface area contributed by atoms with E-state index in [1.807, 2.05) is 6.07 Å². The van der Waals surface area contributed by atoms with Crippen LogP contribution < -0.4 is 0 Å². The molecule has 102 valence electrons. The second kappa shape index (κ2) is 6.23. The van der Waals surface area contributed by atoms with Gasteiger partial charge in [0, 0.05) is 7.11 Å². The lowest BCUT2D eigenvalue weighted by atomic mass is 9.81. The zero-order valence-corrected chi connectivity index (χ0v) is 12.0. The molecule has 2 nitrogen and oxygen atoms in total. The highest BCUT2D eigenvalue weighted by molar-refractivity contribution is 5.18. The summed E-state index contributed by atoms with van der Waals surface area (Å²) in [6, 6.07) is 10.5. The second-order valence-electron chi connectivity index (χ2n) is 5.75. The predicted molar refractivity (Wildman–Crippen MR) is 76.9 cm³/mol. The molecule has 19 heavy (non-hydrogen) atoms. The molecule has 1 heterocycles. The molecule has 0 aromatic heterocycles. The molecule has 0 bridgehead atoms. The van der Waals surface area contributed by atoms with E-state index in [1.165, 1.54) is 5.56 Å². The molecule has 0 N–H and O–H groups in total. The average Bonchev–Trinajstić information content (AvgIpc) is 2.66. The molecular formula is C17H22O2. The van der Waals surface area contributed by atoms with Crippen molar-refractivity contribution in [2.45, 2.75) is 38.9 Å². The third kappa shape index (κ3) is 3.83. The van der Waals surface area contributed by atoms with E-state index in [-0.39, 0.29) is 17.6 Å². The fourth-order valence-corrected chi connectivity index (χ4v) is 2.51. The van der Waals surface area contributed by atoms with Crippen LogP contribution in [0.25, 0.3) is 0 Å². The summed E-state index contributed by atoms with van der Waals surface area (Å²) >= 11 is 0. The summed E-state index contributed by atoms with van der Waals surface area (Å²) in [5, 5.41) is 0. The zero-order valence-electron chi connectivity index (χ0n) is 12.0. The van der Waals surface area contributed by atoms with Gasteiger partial charge in [-0.3, -0.25) is 0 Å². The van der Waals surface area contributed by atoms with Crippen molar-refractivity contribution < 1.29 is 9.47 Å². The molecule has 1 aromatic rings. The Morgan fingerprint density at radius 1 is 1.32 bits per heavy atom. The van der Waals surface area contributed by atoms with Crippen LogP contribution >= 0.6 is 0 Å². The first-order chi connectivity index (χ1) is 9.12. The molecule has 0 radical (unpaired) electrons. The molecule has 1 saturated heterocycles. The van der Waals surface area contributed by atoms with Crippen LogP contribution in [0.4, 0.5) is 0 Å². The van der Waals surface area contributed by atoms with E-state index in [9.17, 15) is 0 Å². The first kappa shape index (κ1) is 14.1.